The Balaban J connectivity index is 1.74. The predicted molar refractivity (Wildman–Crippen MR) is 130 cm³/mol. The van der Waals surface area contributed by atoms with Gasteiger partial charge in [0.1, 0.15) is 0 Å². The van der Waals surface area contributed by atoms with Crippen molar-refractivity contribution in [2.45, 2.75) is 72.0 Å². The van der Waals surface area contributed by atoms with Gasteiger partial charge in [-0.3, -0.25) is 9.59 Å². The Morgan fingerprint density at radius 2 is 1.87 bits per heavy atom. The summed E-state index contributed by atoms with van der Waals surface area (Å²) in [6.45, 7) is 8.08. The number of hydrogen-bond acceptors (Lipinski definition) is 4. The Kier molecular flexibility index (Phi) is 7.59. The standard InChI is InChI=1S/C24H33BrN4O2/c1-13-9-14(2)28-24(31)21(13)12-27-23(30)20-10-18(25)11-22(15(20)3)29-16(4)17-5-7-19(26)8-6-17/h9-11,16-17,19,29H,5-8,12,26H2,1-4H3,(H,27,30)(H,28,31)/t16-,17?,19?/m0/s1. The minimum absolute atomic E-state index is 0.160. The number of carbonyl (C=O) groups is 1. The molecule has 6 nitrogen and oxygen atoms in total. The van der Waals surface area contributed by atoms with Gasteiger partial charge in [-0.25, -0.2) is 0 Å². The molecule has 5 N–H and O–H groups in total. The number of halogens is 1. The van der Waals surface area contributed by atoms with E-state index in [1.54, 1.807) is 0 Å². The number of carbonyl (C=O) groups excluding carboxylic acids is 1. The van der Waals surface area contributed by atoms with Gasteiger partial charge in [-0.2, -0.15) is 0 Å². The summed E-state index contributed by atoms with van der Waals surface area (Å²) in [7, 11) is 0. The average Bonchev–Trinajstić information content (AvgIpc) is 2.69. The molecule has 3 rings (SSSR count). The monoisotopic (exact) mass is 488 g/mol. The Labute approximate surface area is 192 Å². The van der Waals surface area contributed by atoms with Gasteiger partial charge in [-0.1, -0.05) is 15.9 Å². The van der Waals surface area contributed by atoms with E-state index in [0.717, 1.165) is 52.7 Å². The third kappa shape index (κ3) is 5.77. The summed E-state index contributed by atoms with van der Waals surface area (Å²) < 4.78 is 0.841. The number of aromatic nitrogens is 1. The van der Waals surface area contributed by atoms with E-state index >= 15 is 0 Å². The fourth-order valence-corrected chi connectivity index (χ4v) is 4.90. The van der Waals surface area contributed by atoms with E-state index in [1.807, 2.05) is 39.0 Å². The van der Waals surface area contributed by atoms with Crippen molar-refractivity contribution < 1.29 is 4.79 Å². The molecule has 1 aromatic heterocycles. The van der Waals surface area contributed by atoms with Crippen molar-refractivity contribution >= 4 is 27.5 Å². The summed E-state index contributed by atoms with van der Waals surface area (Å²) in [6.07, 6.45) is 4.39. The molecule has 1 saturated carbocycles. The second-order valence-corrected chi connectivity index (χ2v) is 9.78. The topological polar surface area (TPSA) is 100 Å². The van der Waals surface area contributed by atoms with Crippen molar-refractivity contribution in [2.75, 3.05) is 5.32 Å². The van der Waals surface area contributed by atoms with Gasteiger partial charge in [0, 0.05) is 45.6 Å². The number of aromatic amines is 1. The van der Waals surface area contributed by atoms with Crippen molar-refractivity contribution in [3.63, 3.8) is 0 Å². The Bertz CT molecular complexity index is 1010. The van der Waals surface area contributed by atoms with Crippen LogP contribution in [0.15, 0.2) is 27.5 Å². The maximum atomic E-state index is 13.0. The number of benzene rings is 1. The first-order valence-corrected chi connectivity index (χ1v) is 11.7. The van der Waals surface area contributed by atoms with Crippen LogP contribution in [0.3, 0.4) is 0 Å². The van der Waals surface area contributed by atoms with E-state index in [2.05, 4.69) is 38.5 Å². The summed E-state index contributed by atoms with van der Waals surface area (Å²) in [5.41, 5.74) is 10.6. The van der Waals surface area contributed by atoms with Crippen LogP contribution < -0.4 is 21.9 Å². The van der Waals surface area contributed by atoms with Gasteiger partial charge in [0.05, 0.1) is 0 Å². The molecule has 0 radical (unpaired) electrons. The lowest BCUT2D eigenvalue weighted by molar-refractivity contribution is 0.0950. The molecule has 31 heavy (non-hydrogen) atoms. The quantitative estimate of drug-likeness (QED) is 0.486. The van der Waals surface area contributed by atoms with Crippen molar-refractivity contribution in [1.29, 1.82) is 0 Å². The number of hydrogen-bond donors (Lipinski definition) is 4. The van der Waals surface area contributed by atoms with Gasteiger partial charge < -0.3 is 21.4 Å². The Morgan fingerprint density at radius 3 is 2.52 bits per heavy atom. The van der Waals surface area contributed by atoms with Crippen LogP contribution in [-0.2, 0) is 6.54 Å². The van der Waals surface area contributed by atoms with Crippen LogP contribution in [0.25, 0.3) is 0 Å². The van der Waals surface area contributed by atoms with Crippen molar-refractivity contribution in [3.05, 3.63) is 61.0 Å². The lowest BCUT2D eigenvalue weighted by atomic mass is 9.82. The molecule has 7 heteroatoms. The summed E-state index contributed by atoms with van der Waals surface area (Å²) in [5, 5.41) is 6.53. The summed E-state index contributed by atoms with van der Waals surface area (Å²) in [5.74, 6) is 0.379. The third-order valence-electron chi connectivity index (χ3n) is 6.44. The smallest absolute Gasteiger partial charge is 0.253 e. The minimum Gasteiger partial charge on any atom is -0.382 e. The molecule has 1 atom stereocenters. The van der Waals surface area contributed by atoms with Crippen LogP contribution in [0.2, 0.25) is 0 Å². The zero-order chi connectivity index (χ0) is 22.7. The molecule has 1 aliphatic rings. The Morgan fingerprint density at radius 1 is 1.19 bits per heavy atom. The first kappa shape index (κ1) is 23.5. The first-order chi connectivity index (χ1) is 14.7. The lowest BCUT2D eigenvalue weighted by Gasteiger charge is -2.32. The molecule has 0 saturated heterocycles. The number of aryl methyl sites for hydroxylation is 2. The largest absolute Gasteiger partial charge is 0.382 e. The van der Waals surface area contributed by atoms with E-state index in [0.29, 0.717) is 29.1 Å². The molecule has 1 aliphatic carbocycles. The van der Waals surface area contributed by atoms with E-state index in [4.69, 9.17) is 5.73 Å². The molecule has 0 aliphatic heterocycles. The van der Waals surface area contributed by atoms with Crippen molar-refractivity contribution in [2.24, 2.45) is 11.7 Å². The number of pyridine rings is 1. The molecule has 1 aromatic carbocycles. The Hall–Kier alpha value is -2.12. The maximum Gasteiger partial charge on any atom is 0.253 e. The van der Waals surface area contributed by atoms with E-state index in [9.17, 15) is 9.59 Å². The fraction of sp³-hybridized carbons (Fsp3) is 0.500. The molecule has 1 heterocycles. The zero-order valence-electron chi connectivity index (χ0n) is 18.8. The molecule has 168 valence electrons. The van der Waals surface area contributed by atoms with Crippen LogP contribution >= 0.6 is 15.9 Å². The van der Waals surface area contributed by atoms with Crippen molar-refractivity contribution in [3.8, 4) is 0 Å². The van der Waals surface area contributed by atoms with Crippen LogP contribution in [0, 0.1) is 26.7 Å². The molecule has 0 spiro atoms. The molecule has 2 aromatic rings. The van der Waals surface area contributed by atoms with Crippen LogP contribution in [0.5, 0.6) is 0 Å². The highest BCUT2D eigenvalue weighted by molar-refractivity contribution is 9.10. The second-order valence-electron chi connectivity index (χ2n) is 8.86. The molecule has 1 amide bonds. The van der Waals surface area contributed by atoms with E-state index in [1.165, 1.54) is 0 Å². The van der Waals surface area contributed by atoms with E-state index in [-0.39, 0.29) is 18.0 Å². The maximum absolute atomic E-state index is 13.0. The zero-order valence-corrected chi connectivity index (χ0v) is 20.4. The van der Waals surface area contributed by atoms with Gasteiger partial charge in [-0.05, 0) is 88.6 Å². The molecular weight excluding hydrogens is 456 g/mol. The summed E-state index contributed by atoms with van der Waals surface area (Å²) in [6, 6.07) is 6.38. The average molecular weight is 489 g/mol. The number of nitrogens with one attached hydrogen (secondary N) is 3. The van der Waals surface area contributed by atoms with Gasteiger partial charge in [0.25, 0.3) is 11.5 Å². The highest BCUT2D eigenvalue weighted by Crippen LogP contribution is 2.31. The van der Waals surface area contributed by atoms with Crippen LogP contribution in [-0.4, -0.2) is 23.0 Å². The molecule has 1 fully saturated rings. The van der Waals surface area contributed by atoms with E-state index < -0.39 is 0 Å². The molecule has 0 unspecified atom stereocenters. The highest BCUT2D eigenvalue weighted by Gasteiger charge is 2.24. The fourth-order valence-electron chi connectivity index (χ4n) is 4.44. The number of amides is 1. The first-order valence-electron chi connectivity index (χ1n) is 11.0. The molecule has 0 bridgehead atoms. The van der Waals surface area contributed by atoms with Gasteiger partial charge >= 0.3 is 0 Å². The third-order valence-corrected chi connectivity index (χ3v) is 6.90. The molecular formula is C24H33BrN4O2. The normalized spacial score (nSPS) is 19.7. The van der Waals surface area contributed by atoms with Crippen molar-refractivity contribution in [1.82, 2.24) is 10.3 Å². The van der Waals surface area contributed by atoms with Gasteiger partial charge in [0.2, 0.25) is 0 Å². The number of nitrogens with two attached hydrogens (primary N) is 1. The van der Waals surface area contributed by atoms with Crippen LogP contribution in [0.1, 0.15) is 65.3 Å². The second kappa shape index (κ2) is 10.0. The number of anilines is 1. The number of rotatable bonds is 6. The van der Waals surface area contributed by atoms with Crippen LogP contribution in [0.4, 0.5) is 5.69 Å². The lowest BCUT2D eigenvalue weighted by Crippen LogP contribution is -2.34. The van der Waals surface area contributed by atoms with Gasteiger partial charge in [0.15, 0.2) is 0 Å². The predicted octanol–water partition coefficient (Wildman–Crippen LogP) is 4.31. The number of H-pyrrole nitrogens is 1. The van der Waals surface area contributed by atoms with Gasteiger partial charge in [-0.15, -0.1) is 0 Å². The summed E-state index contributed by atoms with van der Waals surface area (Å²) in [4.78, 5) is 28.0. The highest BCUT2D eigenvalue weighted by atomic mass is 79.9. The summed E-state index contributed by atoms with van der Waals surface area (Å²) >= 11 is 3.54. The SMILES string of the molecule is Cc1cc(C)c(CNC(=O)c2cc(Br)cc(N[C@@H](C)C3CCC(N)CC3)c2C)c(=O)[nH]1. The minimum atomic E-state index is -0.197.